The Morgan fingerprint density at radius 3 is 2.40 bits per heavy atom. The molecule has 4 rings (SSSR count). The Bertz CT molecular complexity index is 928. The molecular formula is C24H28N2O4. The molecule has 6 nitrogen and oxygen atoms in total. The minimum atomic E-state index is -0.507. The van der Waals surface area contributed by atoms with E-state index in [1.165, 1.54) is 0 Å². The molecule has 6 heteroatoms. The highest BCUT2D eigenvalue weighted by Crippen LogP contribution is 2.32. The smallest absolute Gasteiger partial charge is 0.410 e. The van der Waals surface area contributed by atoms with E-state index in [4.69, 9.17) is 9.47 Å². The number of hydrogen-bond donors (Lipinski definition) is 0. The second-order valence-corrected chi connectivity index (χ2v) is 8.82. The summed E-state index contributed by atoms with van der Waals surface area (Å²) in [5.41, 5.74) is 2.21. The summed E-state index contributed by atoms with van der Waals surface area (Å²) in [4.78, 5) is 28.9. The van der Waals surface area contributed by atoms with Gasteiger partial charge >= 0.3 is 6.09 Å². The van der Waals surface area contributed by atoms with Gasteiger partial charge in [0, 0.05) is 19.1 Å². The Morgan fingerprint density at radius 2 is 1.73 bits per heavy atom. The van der Waals surface area contributed by atoms with E-state index in [-0.39, 0.29) is 24.8 Å². The van der Waals surface area contributed by atoms with Gasteiger partial charge < -0.3 is 19.3 Å². The summed E-state index contributed by atoms with van der Waals surface area (Å²) < 4.78 is 11.4. The van der Waals surface area contributed by atoms with E-state index < -0.39 is 5.60 Å². The Hall–Kier alpha value is -3.02. The first-order valence-corrected chi connectivity index (χ1v) is 10.4. The number of hydrogen-bond acceptors (Lipinski definition) is 4. The predicted octanol–water partition coefficient (Wildman–Crippen LogP) is 4.55. The molecule has 0 N–H and O–H groups in total. The molecule has 0 saturated carbocycles. The first-order valence-electron chi connectivity index (χ1n) is 10.4. The maximum Gasteiger partial charge on any atom is 0.410 e. The molecule has 2 aromatic carbocycles. The molecule has 0 unspecified atom stereocenters. The zero-order valence-corrected chi connectivity index (χ0v) is 17.8. The zero-order chi connectivity index (χ0) is 21.3. The van der Waals surface area contributed by atoms with E-state index in [1.807, 2.05) is 69.3 Å². The van der Waals surface area contributed by atoms with E-state index in [2.05, 4.69) is 0 Å². The molecule has 2 aromatic rings. The van der Waals surface area contributed by atoms with Gasteiger partial charge in [0.1, 0.15) is 11.4 Å². The van der Waals surface area contributed by atoms with Crippen LogP contribution < -0.4 is 4.74 Å². The molecule has 158 valence electrons. The lowest BCUT2D eigenvalue weighted by Gasteiger charge is -2.40. The van der Waals surface area contributed by atoms with Gasteiger partial charge in [0.15, 0.2) is 6.73 Å². The maximum absolute atomic E-state index is 13.1. The largest absolute Gasteiger partial charge is 0.472 e. The lowest BCUT2D eigenvalue weighted by molar-refractivity contribution is 0.00599. The molecule has 2 heterocycles. The monoisotopic (exact) mass is 408 g/mol. The third-order valence-corrected chi connectivity index (χ3v) is 5.50. The number of rotatable bonds is 2. The van der Waals surface area contributed by atoms with Crippen molar-refractivity contribution in [1.29, 1.82) is 0 Å². The standard InChI is InChI=1S/C24H28N2O4/c1-24(2,3)30-23(28)25-13-11-19(12-14-25)26-16-29-21-15-18(9-10-20(21)22(26)27)17-7-5-4-6-8-17/h4-10,15,19H,11-14,16H2,1-3H3. The summed E-state index contributed by atoms with van der Waals surface area (Å²) in [6, 6.07) is 15.8. The molecule has 2 aliphatic heterocycles. The number of piperidine rings is 1. The highest BCUT2D eigenvalue weighted by atomic mass is 16.6. The van der Waals surface area contributed by atoms with Crippen molar-refractivity contribution in [2.75, 3.05) is 19.8 Å². The quantitative estimate of drug-likeness (QED) is 0.732. The topological polar surface area (TPSA) is 59.1 Å². The number of amides is 2. The van der Waals surface area contributed by atoms with Crippen LogP contribution in [0.25, 0.3) is 11.1 Å². The van der Waals surface area contributed by atoms with Gasteiger partial charge in [-0.2, -0.15) is 0 Å². The van der Waals surface area contributed by atoms with Crippen molar-refractivity contribution in [3.63, 3.8) is 0 Å². The lowest BCUT2D eigenvalue weighted by atomic mass is 9.99. The van der Waals surface area contributed by atoms with Crippen LogP contribution >= 0.6 is 0 Å². The Morgan fingerprint density at radius 1 is 1.03 bits per heavy atom. The number of carbonyl (C=O) groups is 2. The normalized spacial score (nSPS) is 17.4. The fraction of sp³-hybridized carbons (Fsp3) is 0.417. The molecule has 1 saturated heterocycles. The Labute approximate surface area is 177 Å². The van der Waals surface area contributed by atoms with Gasteiger partial charge in [0.05, 0.1) is 5.56 Å². The molecule has 0 bridgehead atoms. The van der Waals surface area contributed by atoms with E-state index in [9.17, 15) is 9.59 Å². The molecule has 2 amide bonds. The summed E-state index contributed by atoms with van der Waals surface area (Å²) in [5.74, 6) is 0.621. The summed E-state index contributed by atoms with van der Waals surface area (Å²) >= 11 is 0. The number of likely N-dealkylation sites (tertiary alicyclic amines) is 1. The van der Waals surface area contributed by atoms with Crippen LogP contribution in [0.15, 0.2) is 48.5 Å². The van der Waals surface area contributed by atoms with Gasteiger partial charge in [-0.1, -0.05) is 36.4 Å². The summed E-state index contributed by atoms with van der Waals surface area (Å²) in [5, 5.41) is 0. The first kappa shape index (κ1) is 20.3. The van der Waals surface area contributed by atoms with Crippen molar-refractivity contribution >= 4 is 12.0 Å². The van der Waals surface area contributed by atoms with Crippen LogP contribution in [0.1, 0.15) is 44.0 Å². The van der Waals surface area contributed by atoms with Crippen LogP contribution in [-0.4, -0.2) is 53.3 Å². The van der Waals surface area contributed by atoms with Gasteiger partial charge in [-0.05, 0) is 56.9 Å². The van der Waals surface area contributed by atoms with Crippen molar-refractivity contribution in [3.05, 3.63) is 54.1 Å². The van der Waals surface area contributed by atoms with E-state index in [1.54, 1.807) is 9.80 Å². The van der Waals surface area contributed by atoms with Gasteiger partial charge in [-0.15, -0.1) is 0 Å². The molecule has 30 heavy (non-hydrogen) atoms. The fourth-order valence-electron chi connectivity index (χ4n) is 3.94. The molecule has 0 aromatic heterocycles. The second kappa shape index (κ2) is 8.01. The molecule has 1 fully saturated rings. The van der Waals surface area contributed by atoms with Crippen LogP contribution in [0, 0.1) is 0 Å². The highest BCUT2D eigenvalue weighted by Gasteiger charge is 2.35. The third-order valence-electron chi connectivity index (χ3n) is 5.50. The summed E-state index contributed by atoms with van der Waals surface area (Å²) in [7, 11) is 0. The maximum atomic E-state index is 13.1. The number of carbonyl (C=O) groups excluding carboxylic acids is 2. The van der Waals surface area contributed by atoms with Crippen LogP contribution in [0.5, 0.6) is 5.75 Å². The second-order valence-electron chi connectivity index (χ2n) is 8.82. The molecule has 2 aliphatic rings. The molecule has 0 spiro atoms. The Kier molecular flexibility index (Phi) is 5.41. The van der Waals surface area contributed by atoms with Crippen molar-refractivity contribution in [1.82, 2.24) is 9.80 Å². The summed E-state index contributed by atoms with van der Waals surface area (Å²) in [6.07, 6.45) is 1.14. The van der Waals surface area contributed by atoms with Gasteiger partial charge in [-0.25, -0.2) is 4.79 Å². The molecule has 0 atom stereocenters. The van der Waals surface area contributed by atoms with Gasteiger partial charge in [-0.3, -0.25) is 4.79 Å². The van der Waals surface area contributed by atoms with Crippen molar-refractivity contribution in [3.8, 4) is 16.9 Å². The zero-order valence-electron chi connectivity index (χ0n) is 17.8. The lowest BCUT2D eigenvalue weighted by Crippen LogP contribution is -2.51. The average Bonchev–Trinajstić information content (AvgIpc) is 2.73. The van der Waals surface area contributed by atoms with Crippen LogP contribution in [0.4, 0.5) is 4.79 Å². The van der Waals surface area contributed by atoms with Crippen LogP contribution in [-0.2, 0) is 4.74 Å². The van der Waals surface area contributed by atoms with E-state index in [0.717, 1.165) is 11.1 Å². The first-order chi connectivity index (χ1) is 14.3. The molecule has 0 aliphatic carbocycles. The number of benzene rings is 2. The molecular weight excluding hydrogens is 380 g/mol. The third kappa shape index (κ3) is 4.27. The molecule has 0 radical (unpaired) electrons. The van der Waals surface area contributed by atoms with Crippen molar-refractivity contribution in [2.45, 2.75) is 45.3 Å². The minimum absolute atomic E-state index is 0.00780. The van der Waals surface area contributed by atoms with Crippen molar-refractivity contribution in [2.24, 2.45) is 0 Å². The van der Waals surface area contributed by atoms with Gasteiger partial charge in [0.25, 0.3) is 5.91 Å². The highest BCUT2D eigenvalue weighted by molar-refractivity contribution is 5.98. The fourth-order valence-corrected chi connectivity index (χ4v) is 3.94. The number of fused-ring (bicyclic) bond motifs is 1. The van der Waals surface area contributed by atoms with Crippen LogP contribution in [0.3, 0.4) is 0 Å². The van der Waals surface area contributed by atoms with E-state index >= 15 is 0 Å². The van der Waals surface area contributed by atoms with Crippen molar-refractivity contribution < 1.29 is 19.1 Å². The Balaban J connectivity index is 1.41. The number of ether oxygens (including phenoxy) is 2. The SMILES string of the molecule is CC(C)(C)OC(=O)N1CCC(N2COc3cc(-c4ccccc4)ccc3C2=O)CC1. The predicted molar refractivity (Wildman–Crippen MR) is 114 cm³/mol. The number of nitrogens with zero attached hydrogens (tertiary/aromatic N) is 2. The van der Waals surface area contributed by atoms with Crippen LogP contribution in [0.2, 0.25) is 0 Å². The average molecular weight is 408 g/mol. The summed E-state index contributed by atoms with van der Waals surface area (Å²) in [6.45, 7) is 6.97. The minimum Gasteiger partial charge on any atom is -0.472 e. The van der Waals surface area contributed by atoms with Gasteiger partial charge in [0.2, 0.25) is 0 Å². The van der Waals surface area contributed by atoms with E-state index in [0.29, 0.717) is 37.2 Å².